The van der Waals surface area contributed by atoms with E-state index in [4.69, 9.17) is 4.74 Å². The number of esters is 1. The van der Waals surface area contributed by atoms with Crippen LogP contribution in [0.15, 0.2) is 59.5 Å². The van der Waals surface area contributed by atoms with Crippen molar-refractivity contribution in [2.24, 2.45) is 0 Å². The lowest BCUT2D eigenvalue weighted by Crippen LogP contribution is -2.47. The molecule has 1 heterocycles. The Kier molecular flexibility index (Phi) is 5.97. The summed E-state index contributed by atoms with van der Waals surface area (Å²) in [7, 11) is -3.67. The van der Waals surface area contributed by atoms with E-state index in [1.807, 2.05) is 37.3 Å². The molecule has 2 aromatic carbocycles. The van der Waals surface area contributed by atoms with Gasteiger partial charge in [-0.15, -0.1) is 0 Å². The van der Waals surface area contributed by atoms with Crippen LogP contribution in [0.5, 0.6) is 0 Å². The highest BCUT2D eigenvalue weighted by atomic mass is 32.2. The molecule has 1 fully saturated rings. The number of hydrogen-bond donors (Lipinski definition) is 0. The highest BCUT2D eigenvalue weighted by molar-refractivity contribution is 7.89. The van der Waals surface area contributed by atoms with Crippen LogP contribution in [0.25, 0.3) is 0 Å². The molecule has 6 heteroatoms. The molecule has 0 saturated carbocycles. The minimum Gasteiger partial charge on any atom is -0.456 e. The van der Waals surface area contributed by atoms with Crippen molar-refractivity contribution >= 4 is 16.0 Å². The van der Waals surface area contributed by atoms with E-state index < -0.39 is 28.1 Å². The number of nitrogens with zero attached hydrogens (tertiary/aromatic N) is 1. The van der Waals surface area contributed by atoms with E-state index in [0.29, 0.717) is 13.0 Å². The van der Waals surface area contributed by atoms with E-state index in [0.717, 1.165) is 24.0 Å². The Bertz CT molecular complexity index is 878. The van der Waals surface area contributed by atoms with Crippen molar-refractivity contribution < 1.29 is 17.9 Å². The summed E-state index contributed by atoms with van der Waals surface area (Å²) in [5.74, 6) is -0.415. The lowest BCUT2D eigenvalue weighted by molar-refractivity contribution is -0.150. The fourth-order valence-corrected chi connectivity index (χ4v) is 5.26. The van der Waals surface area contributed by atoms with Crippen molar-refractivity contribution in [1.82, 2.24) is 4.31 Å². The zero-order chi connectivity index (χ0) is 19.4. The van der Waals surface area contributed by atoms with Crippen molar-refractivity contribution in [3.05, 3.63) is 65.7 Å². The number of carbonyl (C=O) groups excluding carboxylic acids is 1. The average molecular weight is 388 g/mol. The SMILES string of the molecule is CC(=O)O[C@H](c1ccccc1)[C@@H]1CCCCN1S(=O)(=O)c1ccc(C)cc1. The van der Waals surface area contributed by atoms with Gasteiger partial charge in [0.05, 0.1) is 10.9 Å². The second kappa shape index (κ2) is 8.23. The lowest BCUT2D eigenvalue weighted by Gasteiger charge is -2.39. The predicted molar refractivity (Wildman–Crippen MR) is 104 cm³/mol. The first-order valence-corrected chi connectivity index (χ1v) is 10.6. The summed E-state index contributed by atoms with van der Waals surface area (Å²) in [6, 6.07) is 15.8. The Morgan fingerprint density at radius 1 is 1.07 bits per heavy atom. The molecule has 5 nitrogen and oxygen atoms in total. The van der Waals surface area contributed by atoms with Crippen LogP contribution in [0.3, 0.4) is 0 Å². The number of ether oxygens (including phenoxy) is 1. The smallest absolute Gasteiger partial charge is 0.303 e. The molecule has 0 aliphatic carbocycles. The van der Waals surface area contributed by atoms with Crippen LogP contribution >= 0.6 is 0 Å². The summed E-state index contributed by atoms with van der Waals surface area (Å²) in [6.07, 6.45) is 1.72. The first-order valence-electron chi connectivity index (χ1n) is 9.20. The number of piperidine rings is 1. The Morgan fingerprint density at radius 2 is 1.74 bits per heavy atom. The van der Waals surface area contributed by atoms with Gasteiger partial charge in [0.1, 0.15) is 6.10 Å². The molecule has 0 N–H and O–H groups in total. The zero-order valence-corrected chi connectivity index (χ0v) is 16.5. The van der Waals surface area contributed by atoms with E-state index in [2.05, 4.69) is 0 Å². The standard InChI is InChI=1S/C21H25NO4S/c1-16-11-13-19(14-12-16)27(24,25)22-15-7-6-10-20(22)21(26-17(2)23)18-8-4-3-5-9-18/h3-5,8-9,11-14,20-21H,6-7,10,15H2,1-2H3/t20-,21+/m0/s1. The van der Waals surface area contributed by atoms with Crippen LogP contribution in [-0.4, -0.2) is 31.3 Å². The second-order valence-electron chi connectivity index (χ2n) is 6.93. The Balaban J connectivity index is 2.00. The molecule has 0 aromatic heterocycles. The molecular formula is C21H25NO4S. The highest BCUT2D eigenvalue weighted by Gasteiger charge is 2.40. The third kappa shape index (κ3) is 4.39. The summed E-state index contributed by atoms with van der Waals surface area (Å²) in [4.78, 5) is 12.0. The minimum atomic E-state index is -3.67. The zero-order valence-electron chi connectivity index (χ0n) is 15.7. The number of carbonyl (C=O) groups is 1. The summed E-state index contributed by atoms with van der Waals surface area (Å²) in [5, 5.41) is 0. The summed E-state index contributed by atoms with van der Waals surface area (Å²) >= 11 is 0. The van der Waals surface area contributed by atoms with E-state index in [1.165, 1.54) is 11.2 Å². The summed E-state index contributed by atoms with van der Waals surface area (Å²) in [6.45, 7) is 3.70. The van der Waals surface area contributed by atoms with Gasteiger partial charge in [0, 0.05) is 13.5 Å². The van der Waals surface area contributed by atoms with Crippen molar-refractivity contribution in [3.63, 3.8) is 0 Å². The predicted octanol–water partition coefficient (Wildman–Crippen LogP) is 3.84. The van der Waals surface area contributed by atoms with Gasteiger partial charge < -0.3 is 4.74 Å². The van der Waals surface area contributed by atoms with Gasteiger partial charge in [-0.05, 0) is 37.5 Å². The van der Waals surface area contributed by atoms with Gasteiger partial charge in [0.15, 0.2) is 0 Å². The van der Waals surface area contributed by atoms with Crippen LogP contribution in [0.4, 0.5) is 0 Å². The Hall–Kier alpha value is -2.18. The number of hydrogen-bond acceptors (Lipinski definition) is 4. The van der Waals surface area contributed by atoms with Crippen LogP contribution in [-0.2, 0) is 19.6 Å². The maximum absolute atomic E-state index is 13.3. The van der Waals surface area contributed by atoms with Gasteiger partial charge in [-0.1, -0.05) is 54.4 Å². The number of rotatable bonds is 5. The van der Waals surface area contributed by atoms with Crippen molar-refractivity contribution in [2.45, 2.75) is 50.2 Å². The third-order valence-electron chi connectivity index (χ3n) is 4.90. The molecule has 27 heavy (non-hydrogen) atoms. The van der Waals surface area contributed by atoms with Gasteiger partial charge in [0.25, 0.3) is 0 Å². The molecule has 0 radical (unpaired) electrons. The largest absolute Gasteiger partial charge is 0.456 e. The van der Waals surface area contributed by atoms with Crippen LogP contribution in [0.1, 0.15) is 43.4 Å². The molecule has 1 aliphatic heterocycles. The minimum absolute atomic E-state index is 0.273. The van der Waals surface area contributed by atoms with Gasteiger partial charge in [0.2, 0.25) is 10.0 Å². The van der Waals surface area contributed by atoms with Gasteiger partial charge >= 0.3 is 5.97 Å². The molecule has 0 amide bonds. The normalized spacial score (nSPS) is 19.4. The number of benzene rings is 2. The molecule has 0 spiro atoms. The molecular weight excluding hydrogens is 362 g/mol. The first-order chi connectivity index (χ1) is 12.9. The van der Waals surface area contributed by atoms with Crippen molar-refractivity contribution in [3.8, 4) is 0 Å². The number of sulfonamides is 1. The highest BCUT2D eigenvalue weighted by Crippen LogP contribution is 2.35. The molecule has 2 atom stereocenters. The van der Waals surface area contributed by atoms with E-state index >= 15 is 0 Å². The fourth-order valence-electron chi connectivity index (χ4n) is 3.57. The van der Waals surface area contributed by atoms with E-state index in [9.17, 15) is 13.2 Å². The maximum atomic E-state index is 13.3. The molecule has 1 saturated heterocycles. The molecule has 3 rings (SSSR count). The van der Waals surface area contributed by atoms with Crippen LogP contribution in [0.2, 0.25) is 0 Å². The van der Waals surface area contributed by atoms with Crippen molar-refractivity contribution in [1.29, 1.82) is 0 Å². The quantitative estimate of drug-likeness (QED) is 0.731. The topological polar surface area (TPSA) is 63.7 Å². The molecule has 144 valence electrons. The number of aryl methyl sites for hydroxylation is 1. The maximum Gasteiger partial charge on any atom is 0.303 e. The van der Waals surface area contributed by atoms with Gasteiger partial charge in [-0.3, -0.25) is 4.79 Å². The molecule has 2 aromatic rings. The Labute approximate surface area is 161 Å². The molecule has 1 aliphatic rings. The van der Waals surface area contributed by atoms with Crippen LogP contribution < -0.4 is 0 Å². The van der Waals surface area contributed by atoms with E-state index in [-0.39, 0.29) is 4.90 Å². The second-order valence-corrected chi connectivity index (χ2v) is 8.82. The molecule has 0 bridgehead atoms. The van der Waals surface area contributed by atoms with Gasteiger partial charge in [-0.2, -0.15) is 4.31 Å². The van der Waals surface area contributed by atoms with Crippen molar-refractivity contribution in [2.75, 3.05) is 6.54 Å². The summed E-state index contributed by atoms with van der Waals surface area (Å²) in [5.41, 5.74) is 1.81. The monoisotopic (exact) mass is 387 g/mol. The third-order valence-corrected chi connectivity index (χ3v) is 6.84. The summed E-state index contributed by atoms with van der Waals surface area (Å²) < 4.78 is 33.8. The lowest BCUT2D eigenvalue weighted by atomic mass is 9.94. The molecule has 0 unspecified atom stereocenters. The fraction of sp³-hybridized carbons (Fsp3) is 0.381. The van der Waals surface area contributed by atoms with Crippen LogP contribution in [0, 0.1) is 6.92 Å². The average Bonchev–Trinajstić information content (AvgIpc) is 2.67. The Morgan fingerprint density at radius 3 is 2.37 bits per heavy atom. The van der Waals surface area contributed by atoms with E-state index in [1.54, 1.807) is 24.3 Å². The first kappa shape index (κ1) is 19.6. The van der Waals surface area contributed by atoms with Gasteiger partial charge in [-0.25, -0.2) is 8.42 Å².